The Morgan fingerprint density at radius 3 is 1.86 bits per heavy atom. The highest BCUT2D eigenvalue weighted by Crippen LogP contribution is 2.48. The van der Waals surface area contributed by atoms with Crippen LogP contribution in [0.15, 0.2) is 18.2 Å². The van der Waals surface area contributed by atoms with Gasteiger partial charge < -0.3 is 5.73 Å². The van der Waals surface area contributed by atoms with Gasteiger partial charge in [-0.2, -0.15) is 0 Å². The second-order valence-electron chi connectivity index (χ2n) is 4.00. The quantitative estimate of drug-likeness (QED) is 0.509. The molecule has 2 aromatic rings. The summed E-state index contributed by atoms with van der Waals surface area (Å²) < 4.78 is 13.3. The van der Waals surface area contributed by atoms with Crippen LogP contribution in [0.25, 0.3) is 11.1 Å². The predicted octanol–water partition coefficient (Wildman–Crippen LogP) is 5.86. The third kappa shape index (κ3) is 2.94. The second kappa shape index (κ2) is 6.19. The summed E-state index contributed by atoms with van der Waals surface area (Å²) in [5.41, 5.74) is 5.51. The molecule has 110 valence electrons. The van der Waals surface area contributed by atoms with Crippen LogP contribution in [0.1, 0.15) is 10.4 Å². The molecule has 0 aliphatic heterocycles. The lowest BCUT2D eigenvalue weighted by molar-refractivity contribution is 0.100. The number of nitrogens with two attached hydrogens (primary N) is 1. The Labute approximate surface area is 144 Å². The molecular weight excluding hydrogens is 382 g/mol. The first-order valence-electron chi connectivity index (χ1n) is 5.36. The van der Waals surface area contributed by atoms with Gasteiger partial charge in [-0.3, -0.25) is 4.79 Å². The first kappa shape index (κ1) is 16.7. The lowest BCUT2D eigenvalue weighted by Crippen LogP contribution is -2.13. The van der Waals surface area contributed by atoms with Gasteiger partial charge in [0.15, 0.2) is 0 Å². The number of carbonyl (C=O) groups excluding carboxylic acids is 1. The van der Waals surface area contributed by atoms with Crippen LogP contribution >= 0.6 is 58.0 Å². The van der Waals surface area contributed by atoms with Crippen LogP contribution in [-0.2, 0) is 0 Å². The van der Waals surface area contributed by atoms with Gasteiger partial charge in [-0.1, -0.05) is 64.1 Å². The van der Waals surface area contributed by atoms with Gasteiger partial charge in [-0.25, -0.2) is 4.39 Å². The molecule has 0 heterocycles. The van der Waals surface area contributed by atoms with Crippen molar-refractivity contribution >= 4 is 63.9 Å². The maximum absolute atomic E-state index is 13.3. The van der Waals surface area contributed by atoms with Gasteiger partial charge in [0.25, 0.3) is 0 Å². The first-order chi connectivity index (χ1) is 9.75. The molecule has 0 atom stereocenters. The maximum Gasteiger partial charge on any atom is 0.249 e. The molecule has 0 saturated heterocycles. The molecule has 0 fully saturated rings. The van der Waals surface area contributed by atoms with E-state index in [1.165, 1.54) is 6.07 Å². The van der Waals surface area contributed by atoms with Gasteiger partial charge in [0.1, 0.15) is 5.82 Å². The van der Waals surface area contributed by atoms with Crippen LogP contribution in [0.3, 0.4) is 0 Å². The molecule has 2 N–H and O–H groups in total. The topological polar surface area (TPSA) is 43.1 Å². The zero-order valence-corrected chi connectivity index (χ0v) is 13.8. The Balaban J connectivity index is 2.89. The van der Waals surface area contributed by atoms with Gasteiger partial charge in [0.2, 0.25) is 5.91 Å². The molecule has 2 rings (SSSR count). The van der Waals surface area contributed by atoms with Gasteiger partial charge >= 0.3 is 0 Å². The van der Waals surface area contributed by atoms with Crippen molar-refractivity contribution in [3.05, 3.63) is 54.7 Å². The fourth-order valence-electron chi connectivity index (χ4n) is 1.78. The van der Waals surface area contributed by atoms with Gasteiger partial charge in [-0.15, -0.1) is 0 Å². The summed E-state index contributed by atoms with van der Waals surface area (Å²) in [7, 11) is 0. The third-order valence-electron chi connectivity index (χ3n) is 2.73. The Kier molecular flexibility index (Phi) is 4.91. The first-order valence-corrected chi connectivity index (χ1v) is 7.25. The Morgan fingerprint density at radius 1 is 0.905 bits per heavy atom. The summed E-state index contributed by atoms with van der Waals surface area (Å²) in [6.45, 7) is 0. The largest absolute Gasteiger partial charge is 0.366 e. The highest BCUT2D eigenvalue weighted by atomic mass is 35.5. The highest BCUT2D eigenvalue weighted by Gasteiger charge is 2.23. The number of hydrogen-bond donors (Lipinski definition) is 1. The zero-order chi connectivity index (χ0) is 15.9. The van der Waals surface area contributed by atoms with Crippen LogP contribution in [0.5, 0.6) is 0 Å². The summed E-state index contributed by atoms with van der Waals surface area (Å²) in [4.78, 5) is 11.5. The highest BCUT2D eigenvalue weighted by molar-refractivity contribution is 6.56. The minimum Gasteiger partial charge on any atom is -0.366 e. The van der Waals surface area contributed by atoms with Crippen molar-refractivity contribution in [1.29, 1.82) is 0 Å². The van der Waals surface area contributed by atoms with Crippen molar-refractivity contribution in [3.8, 4) is 11.1 Å². The van der Waals surface area contributed by atoms with E-state index in [0.29, 0.717) is 0 Å². The van der Waals surface area contributed by atoms with Crippen molar-refractivity contribution in [2.45, 2.75) is 0 Å². The molecule has 0 spiro atoms. The van der Waals surface area contributed by atoms with Crippen LogP contribution in [0, 0.1) is 5.82 Å². The van der Waals surface area contributed by atoms with Crippen LogP contribution in [0.4, 0.5) is 4.39 Å². The number of amides is 1. The smallest absolute Gasteiger partial charge is 0.249 e. The summed E-state index contributed by atoms with van der Waals surface area (Å²) in [6, 6.07) is 3.41. The SMILES string of the molecule is NC(=O)c1cc(F)ccc1-c1c(Cl)c(Cl)c(Cl)c(Cl)c1Cl. The molecule has 2 nitrogen and oxygen atoms in total. The molecule has 2 aromatic carbocycles. The number of primary amides is 1. The molecule has 0 aliphatic carbocycles. The summed E-state index contributed by atoms with van der Waals surface area (Å²) in [6.07, 6.45) is 0. The average molecular weight is 387 g/mol. The summed E-state index contributed by atoms with van der Waals surface area (Å²) >= 11 is 30.1. The minimum absolute atomic E-state index is 0.00910. The Bertz CT molecular complexity index is 734. The van der Waals surface area contributed by atoms with E-state index in [4.69, 9.17) is 63.7 Å². The van der Waals surface area contributed by atoms with E-state index in [1.54, 1.807) is 0 Å². The molecule has 0 unspecified atom stereocenters. The van der Waals surface area contributed by atoms with Gasteiger partial charge in [0, 0.05) is 11.1 Å². The Hall–Kier alpha value is -0.710. The summed E-state index contributed by atoms with van der Waals surface area (Å²) in [5, 5.41) is -0.0832. The molecule has 0 saturated carbocycles. The van der Waals surface area contributed by atoms with E-state index in [2.05, 4.69) is 0 Å². The molecule has 0 bridgehead atoms. The van der Waals surface area contributed by atoms with Gasteiger partial charge in [-0.05, 0) is 17.7 Å². The van der Waals surface area contributed by atoms with Crippen LogP contribution in [0.2, 0.25) is 25.1 Å². The lowest BCUT2D eigenvalue weighted by Gasteiger charge is -2.14. The number of rotatable bonds is 2. The average Bonchev–Trinajstić information content (AvgIpc) is 2.44. The van der Waals surface area contributed by atoms with E-state index in [-0.39, 0.29) is 41.8 Å². The van der Waals surface area contributed by atoms with Crippen molar-refractivity contribution in [3.63, 3.8) is 0 Å². The lowest BCUT2D eigenvalue weighted by atomic mass is 9.99. The third-order valence-corrected chi connectivity index (χ3v) is 5.00. The molecule has 0 aromatic heterocycles. The number of halogens is 6. The molecule has 0 radical (unpaired) electrons. The van der Waals surface area contributed by atoms with Gasteiger partial charge in [0.05, 0.1) is 25.1 Å². The van der Waals surface area contributed by atoms with Crippen molar-refractivity contribution in [2.75, 3.05) is 0 Å². The second-order valence-corrected chi connectivity index (χ2v) is 5.89. The van der Waals surface area contributed by atoms with E-state index in [1.807, 2.05) is 0 Å². The predicted molar refractivity (Wildman–Crippen MR) is 85.4 cm³/mol. The molecule has 21 heavy (non-hydrogen) atoms. The molecular formula is C13H5Cl5FNO. The van der Waals surface area contributed by atoms with Crippen molar-refractivity contribution < 1.29 is 9.18 Å². The monoisotopic (exact) mass is 385 g/mol. The molecule has 1 amide bonds. The van der Waals surface area contributed by atoms with Crippen LogP contribution < -0.4 is 5.73 Å². The Morgan fingerprint density at radius 2 is 1.38 bits per heavy atom. The number of benzene rings is 2. The normalized spacial score (nSPS) is 10.8. The zero-order valence-electron chi connectivity index (χ0n) is 9.99. The van der Waals surface area contributed by atoms with E-state index < -0.39 is 11.7 Å². The fraction of sp³-hybridized carbons (Fsp3) is 0. The summed E-state index contributed by atoms with van der Waals surface area (Å²) in [5.74, 6) is -1.48. The number of hydrogen-bond acceptors (Lipinski definition) is 1. The molecule has 0 aliphatic rings. The maximum atomic E-state index is 13.3. The van der Waals surface area contributed by atoms with E-state index in [0.717, 1.165) is 12.1 Å². The van der Waals surface area contributed by atoms with Crippen LogP contribution in [-0.4, -0.2) is 5.91 Å². The fourth-order valence-corrected chi connectivity index (χ4v) is 3.12. The van der Waals surface area contributed by atoms with E-state index >= 15 is 0 Å². The minimum atomic E-state index is -0.848. The van der Waals surface area contributed by atoms with Crippen molar-refractivity contribution in [1.82, 2.24) is 0 Å². The molecule has 8 heteroatoms. The van der Waals surface area contributed by atoms with Crippen molar-refractivity contribution in [2.24, 2.45) is 5.73 Å². The standard InChI is InChI=1S/C13H5Cl5FNO/c14-8-7(9(15)11(17)12(18)10(8)16)5-2-1-4(19)3-6(5)13(20)21/h1-3H,(H2,20,21). The van der Waals surface area contributed by atoms with E-state index in [9.17, 15) is 9.18 Å². The number of carbonyl (C=O) groups is 1.